The van der Waals surface area contributed by atoms with Crippen molar-refractivity contribution in [3.8, 4) is 0 Å². The first-order valence-corrected chi connectivity index (χ1v) is 16.2. The number of rotatable bonds is 7. The van der Waals surface area contributed by atoms with Crippen LogP contribution >= 0.6 is 0 Å². The Balaban J connectivity index is 1.15. The lowest BCUT2D eigenvalue weighted by Crippen LogP contribution is -2.69. The van der Waals surface area contributed by atoms with Gasteiger partial charge in [-0.2, -0.15) is 0 Å². The normalized spacial score (nSPS) is 39.8. The van der Waals surface area contributed by atoms with E-state index in [-0.39, 0.29) is 24.2 Å². The van der Waals surface area contributed by atoms with Gasteiger partial charge in [-0.1, -0.05) is 30.7 Å². The van der Waals surface area contributed by atoms with Crippen LogP contribution < -0.4 is 10.6 Å². The number of halogens is 1. The number of carbonyl (C=O) groups excluding carboxylic acids is 2. The number of ketones is 2. The van der Waals surface area contributed by atoms with Crippen molar-refractivity contribution in [3.63, 3.8) is 0 Å². The first-order valence-electron chi connectivity index (χ1n) is 16.2. The summed E-state index contributed by atoms with van der Waals surface area (Å²) in [4.78, 5) is 30.5. The van der Waals surface area contributed by atoms with E-state index >= 15 is 4.39 Å². The van der Waals surface area contributed by atoms with Gasteiger partial charge in [-0.05, 0) is 87.4 Å². The highest BCUT2D eigenvalue weighted by Crippen LogP contribution is 2.72. The summed E-state index contributed by atoms with van der Waals surface area (Å²) in [5.41, 5.74) is -2.32. The van der Waals surface area contributed by atoms with Crippen molar-refractivity contribution in [1.29, 1.82) is 0 Å². The van der Waals surface area contributed by atoms with E-state index in [9.17, 15) is 19.8 Å². The minimum absolute atomic E-state index is 0.00322. The minimum Gasteiger partial charge on any atom is -0.390 e. The van der Waals surface area contributed by atoms with E-state index in [1.807, 2.05) is 57.3 Å². The van der Waals surface area contributed by atoms with Crippen LogP contribution in [-0.4, -0.2) is 63.9 Å². The fourth-order valence-electron chi connectivity index (χ4n) is 9.60. The zero-order chi connectivity index (χ0) is 32.6. The smallest absolute Gasteiger partial charge is 0.193 e. The molecule has 10 heteroatoms. The van der Waals surface area contributed by atoms with Gasteiger partial charge in [0.1, 0.15) is 12.4 Å². The second-order valence-corrected chi connectivity index (χ2v) is 14.1. The van der Waals surface area contributed by atoms with Gasteiger partial charge in [0.2, 0.25) is 0 Å². The lowest BCUT2D eigenvalue weighted by Gasteiger charge is -2.62. The van der Waals surface area contributed by atoms with Crippen LogP contribution in [0.1, 0.15) is 69.9 Å². The molecule has 5 aliphatic rings. The van der Waals surface area contributed by atoms with E-state index in [1.54, 1.807) is 19.2 Å². The van der Waals surface area contributed by atoms with Gasteiger partial charge >= 0.3 is 0 Å². The third-order valence-corrected chi connectivity index (χ3v) is 12.1. The molecule has 9 nitrogen and oxygen atoms in total. The summed E-state index contributed by atoms with van der Waals surface area (Å²) in [5, 5.41) is 28.4. The van der Waals surface area contributed by atoms with Gasteiger partial charge in [0.25, 0.3) is 0 Å². The number of aliphatic hydroxyl groups is 2. The molecule has 244 valence electrons. The number of benzene rings is 1. The van der Waals surface area contributed by atoms with Crippen LogP contribution in [0.4, 0.5) is 15.9 Å². The van der Waals surface area contributed by atoms with Crippen LogP contribution in [0.25, 0.3) is 0 Å². The van der Waals surface area contributed by atoms with Crippen molar-refractivity contribution in [3.05, 3.63) is 77.5 Å². The molecule has 3 saturated carbocycles. The molecule has 0 unspecified atom stereocenters. The van der Waals surface area contributed by atoms with Gasteiger partial charge in [0, 0.05) is 47.3 Å². The Bertz CT molecular complexity index is 1610. The number of aliphatic hydroxyl groups excluding tert-OH is 2. The molecule has 7 rings (SSSR count). The summed E-state index contributed by atoms with van der Waals surface area (Å²) in [5.74, 6) is -1.01. The van der Waals surface area contributed by atoms with Gasteiger partial charge in [-0.15, -0.1) is 0 Å². The summed E-state index contributed by atoms with van der Waals surface area (Å²) in [6.45, 7) is 4.93. The molecule has 1 saturated heterocycles. The maximum Gasteiger partial charge on any atom is 0.193 e. The third kappa shape index (κ3) is 4.16. The Hall–Kier alpha value is -3.44. The lowest BCUT2D eigenvalue weighted by atomic mass is 9.44. The van der Waals surface area contributed by atoms with Crippen molar-refractivity contribution >= 4 is 23.1 Å². The number of alkyl halides is 1. The molecule has 0 spiro atoms. The lowest BCUT2D eigenvalue weighted by molar-refractivity contribution is -0.231. The summed E-state index contributed by atoms with van der Waals surface area (Å²) in [6, 6.07) is 11.8. The number of allylic oxidation sites excluding steroid dienone is 4. The van der Waals surface area contributed by atoms with E-state index in [0.717, 1.165) is 11.3 Å². The fraction of sp³-hybridized carbons (Fsp3) is 0.528. The van der Waals surface area contributed by atoms with E-state index in [4.69, 9.17) is 9.47 Å². The summed E-state index contributed by atoms with van der Waals surface area (Å²) < 4.78 is 30.6. The van der Waals surface area contributed by atoms with Crippen LogP contribution in [0.5, 0.6) is 0 Å². The van der Waals surface area contributed by atoms with E-state index in [0.29, 0.717) is 36.2 Å². The number of nitrogens with zero attached hydrogens (tertiary/aromatic N) is 1. The van der Waals surface area contributed by atoms with Crippen molar-refractivity contribution in [2.45, 2.75) is 82.3 Å². The van der Waals surface area contributed by atoms with Crippen molar-refractivity contribution in [1.82, 2.24) is 4.98 Å². The standard InChI is InChI=1S/C36H42FN3O6/c1-20(21-5-9-24(38-4)10-6-21)40-31-12-7-22(18-39-31)32-45-30-16-27-26-11-8-23-15-25(42)13-14-33(23,2)35(26,37)28(43)17-34(27,3)36(30,46-32)29(44)19-41/h5-7,9-10,12-15,18,20,26-28,30,32,38,41,43H,8,11,16-17,19H2,1-4H3,(H,39,40)/t20-,26-,27-,28-,30+,32+,33-,34-,35-,36+/m0/s1. The average Bonchev–Trinajstić information content (AvgIpc) is 3.55. The maximum absolute atomic E-state index is 17.6. The molecular weight excluding hydrogens is 589 g/mol. The molecule has 2 aromatic rings. The predicted octanol–water partition coefficient (Wildman–Crippen LogP) is 4.99. The molecule has 1 aromatic heterocycles. The number of carbonyl (C=O) groups is 2. The molecular formula is C36H42FN3O6. The first kappa shape index (κ1) is 31.2. The first-order chi connectivity index (χ1) is 21.9. The number of pyridine rings is 1. The Morgan fingerprint density at radius 2 is 1.93 bits per heavy atom. The molecule has 1 aromatic carbocycles. The van der Waals surface area contributed by atoms with Crippen molar-refractivity contribution in [2.24, 2.45) is 22.7 Å². The van der Waals surface area contributed by atoms with Crippen molar-refractivity contribution in [2.75, 3.05) is 24.3 Å². The van der Waals surface area contributed by atoms with Crippen molar-refractivity contribution < 1.29 is 33.7 Å². The maximum atomic E-state index is 17.6. The largest absolute Gasteiger partial charge is 0.390 e. The predicted molar refractivity (Wildman–Crippen MR) is 170 cm³/mol. The summed E-state index contributed by atoms with van der Waals surface area (Å²) >= 11 is 0. The number of hydrogen-bond donors (Lipinski definition) is 4. The van der Waals surface area contributed by atoms with Crippen LogP contribution in [-0.2, 0) is 19.1 Å². The van der Waals surface area contributed by atoms with Gasteiger partial charge in [-0.25, -0.2) is 9.37 Å². The molecule has 4 N–H and O–H groups in total. The summed E-state index contributed by atoms with van der Waals surface area (Å²) in [6.07, 6.45) is 4.29. The number of ether oxygens (including phenoxy) is 2. The summed E-state index contributed by atoms with van der Waals surface area (Å²) in [7, 11) is 1.88. The van der Waals surface area contributed by atoms with Crippen LogP contribution in [0, 0.1) is 22.7 Å². The van der Waals surface area contributed by atoms with E-state index in [1.165, 1.54) is 12.2 Å². The SMILES string of the molecule is CNc1ccc([C@H](C)Nc2ccc([C@@H]3O[C@@H]4C[C@H]5[C@@H]6CCC7=CC(=O)C=C[C@]7(C)[C@@]6(F)[C@@H](O)C[C@]5(C)[C@]4(C(=O)CO)O3)cn2)cc1. The van der Waals surface area contributed by atoms with Gasteiger partial charge < -0.3 is 30.3 Å². The van der Waals surface area contributed by atoms with Crippen LogP contribution in [0.15, 0.2) is 66.4 Å². The number of anilines is 2. The third-order valence-electron chi connectivity index (χ3n) is 12.1. The Labute approximate surface area is 268 Å². The fourth-order valence-corrected chi connectivity index (χ4v) is 9.60. The Morgan fingerprint density at radius 3 is 2.61 bits per heavy atom. The average molecular weight is 632 g/mol. The Kier molecular flexibility index (Phi) is 7.32. The zero-order valence-corrected chi connectivity index (χ0v) is 26.6. The van der Waals surface area contributed by atoms with Gasteiger partial charge in [0.05, 0.1) is 12.2 Å². The molecule has 0 amide bonds. The number of nitrogens with one attached hydrogen (secondary N) is 2. The van der Waals surface area contributed by atoms with Crippen LogP contribution in [0.3, 0.4) is 0 Å². The molecule has 4 fully saturated rings. The number of fused-ring (bicyclic) bond motifs is 7. The highest BCUT2D eigenvalue weighted by atomic mass is 19.1. The molecule has 10 atom stereocenters. The number of aromatic nitrogens is 1. The number of Topliss-reactive ketones (excluding diaryl/α,β-unsaturated/α-hetero) is 1. The molecule has 0 bridgehead atoms. The second-order valence-electron chi connectivity index (χ2n) is 14.1. The molecule has 46 heavy (non-hydrogen) atoms. The van der Waals surface area contributed by atoms with Gasteiger partial charge in [-0.3, -0.25) is 9.59 Å². The van der Waals surface area contributed by atoms with E-state index in [2.05, 4.69) is 15.6 Å². The second kappa shape index (κ2) is 10.8. The molecule has 0 radical (unpaired) electrons. The molecule has 4 aliphatic carbocycles. The quantitative estimate of drug-likeness (QED) is 0.334. The van der Waals surface area contributed by atoms with Crippen LogP contribution in [0.2, 0.25) is 0 Å². The zero-order valence-electron chi connectivity index (χ0n) is 26.6. The minimum atomic E-state index is -2.04. The number of hydrogen-bond acceptors (Lipinski definition) is 9. The topological polar surface area (TPSA) is 130 Å². The molecule has 1 aliphatic heterocycles. The highest BCUT2D eigenvalue weighted by molar-refractivity contribution is 6.01. The van der Waals surface area contributed by atoms with E-state index < -0.39 is 58.9 Å². The monoisotopic (exact) mass is 631 g/mol. The molecule has 2 heterocycles. The Morgan fingerprint density at radius 1 is 1.17 bits per heavy atom. The highest BCUT2D eigenvalue weighted by Gasteiger charge is 2.79. The van der Waals surface area contributed by atoms with Gasteiger partial charge in [0.15, 0.2) is 29.1 Å².